The van der Waals surface area contributed by atoms with Gasteiger partial charge in [-0.2, -0.15) is 0 Å². The number of nitrogens with zero attached hydrogens (tertiary/aromatic N) is 4. The molecule has 0 unspecified atom stereocenters. The average Bonchev–Trinajstić information content (AvgIpc) is 2.39. The number of fused-ring (bicyclic) bond motifs is 1. The summed E-state index contributed by atoms with van der Waals surface area (Å²) in [7, 11) is 0. The van der Waals surface area contributed by atoms with Crippen LogP contribution >= 0.6 is 11.6 Å². The molecule has 0 aromatic carbocycles. The zero-order chi connectivity index (χ0) is 12.5. The van der Waals surface area contributed by atoms with Gasteiger partial charge in [-0.05, 0) is 18.2 Å². The van der Waals surface area contributed by atoms with E-state index in [4.69, 9.17) is 17.3 Å². The summed E-state index contributed by atoms with van der Waals surface area (Å²) in [5.41, 5.74) is 7.38. The second-order valence-electron chi connectivity index (χ2n) is 3.69. The lowest BCUT2D eigenvalue weighted by Crippen LogP contribution is -1.98. The monoisotopic (exact) mass is 257 g/mol. The molecule has 18 heavy (non-hydrogen) atoms. The molecule has 5 nitrogen and oxygen atoms in total. The van der Waals surface area contributed by atoms with E-state index in [0.717, 1.165) is 10.9 Å². The van der Waals surface area contributed by atoms with Crippen molar-refractivity contribution in [2.24, 2.45) is 0 Å². The maximum Gasteiger partial charge on any atom is 0.162 e. The van der Waals surface area contributed by atoms with Crippen LogP contribution in [0.3, 0.4) is 0 Å². The van der Waals surface area contributed by atoms with E-state index in [1.165, 1.54) is 0 Å². The van der Waals surface area contributed by atoms with Crippen LogP contribution in [0.1, 0.15) is 0 Å². The fraction of sp³-hybridized carbons (Fsp3) is 0. The molecule has 0 aliphatic heterocycles. The number of aromatic nitrogens is 4. The molecule has 2 N–H and O–H groups in total. The average molecular weight is 258 g/mol. The van der Waals surface area contributed by atoms with Gasteiger partial charge in [0.15, 0.2) is 5.82 Å². The summed E-state index contributed by atoms with van der Waals surface area (Å²) >= 11 is 5.84. The third kappa shape index (κ3) is 1.84. The van der Waals surface area contributed by atoms with Crippen LogP contribution in [0.5, 0.6) is 0 Å². The molecule has 0 fully saturated rings. The quantitative estimate of drug-likeness (QED) is 0.677. The molecule has 0 saturated carbocycles. The van der Waals surface area contributed by atoms with Gasteiger partial charge in [0, 0.05) is 23.3 Å². The van der Waals surface area contributed by atoms with E-state index in [1.807, 2.05) is 0 Å². The minimum Gasteiger partial charge on any atom is -0.383 e. The van der Waals surface area contributed by atoms with Crippen molar-refractivity contribution in [3.63, 3.8) is 0 Å². The third-order valence-electron chi connectivity index (χ3n) is 2.51. The maximum absolute atomic E-state index is 5.90. The van der Waals surface area contributed by atoms with Crippen LogP contribution < -0.4 is 5.73 Å². The van der Waals surface area contributed by atoms with Crippen molar-refractivity contribution in [3.8, 4) is 11.4 Å². The molecule has 0 spiro atoms. The first-order chi connectivity index (χ1) is 8.74. The van der Waals surface area contributed by atoms with Crippen LogP contribution in [0.25, 0.3) is 22.3 Å². The lowest BCUT2D eigenvalue weighted by Gasteiger charge is -2.04. The Bertz CT molecular complexity index is 728. The van der Waals surface area contributed by atoms with E-state index in [2.05, 4.69) is 19.9 Å². The van der Waals surface area contributed by atoms with Crippen molar-refractivity contribution >= 4 is 28.3 Å². The summed E-state index contributed by atoms with van der Waals surface area (Å²) in [6, 6.07) is 5.26. The second-order valence-corrected chi connectivity index (χ2v) is 4.08. The van der Waals surface area contributed by atoms with Gasteiger partial charge in [0.05, 0.1) is 11.7 Å². The lowest BCUT2D eigenvalue weighted by molar-refractivity contribution is 1.20. The standard InChI is InChI=1S/C12H8ClN5/c13-10-5-7(1-4-16-10)12-17-9-6-15-3-2-8(9)11(14)18-12/h1-6H,(H2,14,17,18). The first kappa shape index (κ1) is 10.9. The van der Waals surface area contributed by atoms with Gasteiger partial charge in [-0.3, -0.25) is 4.98 Å². The lowest BCUT2D eigenvalue weighted by atomic mass is 10.2. The van der Waals surface area contributed by atoms with Crippen molar-refractivity contribution in [2.75, 3.05) is 5.73 Å². The smallest absolute Gasteiger partial charge is 0.162 e. The molecule has 0 atom stereocenters. The highest BCUT2D eigenvalue weighted by Crippen LogP contribution is 2.23. The number of hydrogen-bond donors (Lipinski definition) is 1. The predicted molar refractivity (Wildman–Crippen MR) is 70.0 cm³/mol. The summed E-state index contributed by atoms with van der Waals surface area (Å²) in [5, 5.41) is 1.18. The molecule has 0 aliphatic carbocycles. The molecule has 6 heteroatoms. The van der Waals surface area contributed by atoms with Gasteiger partial charge in [0.2, 0.25) is 0 Å². The molecule has 0 radical (unpaired) electrons. The molecule has 3 aromatic heterocycles. The Morgan fingerprint density at radius 2 is 2.00 bits per heavy atom. The van der Waals surface area contributed by atoms with E-state index in [1.54, 1.807) is 36.8 Å². The molecule has 88 valence electrons. The number of rotatable bonds is 1. The van der Waals surface area contributed by atoms with Crippen molar-refractivity contribution in [2.45, 2.75) is 0 Å². The topological polar surface area (TPSA) is 77.6 Å². The van der Waals surface area contributed by atoms with Crippen LogP contribution in [-0.4, -0.2) is 19.9 Å². The zero-order valence-corrected chi connectivity index (χ0v) is 9.96. The first-order valence-corrected chi connectivity index (χ1v) is 5.61. The summed E-state index contributed by atoms with van der Waals surface area (Å²) in [5.74, 6) is 0.933. The first-order valence-electron chi connectivity index (χ1n) is 5.23. The van der Waals surface area contributed by atoms with Crippen molar-refractivity contribution in [3.05, 3.63) is 41.9 Å². The highest BCUT2D eigenvalue weighted by atomic mass is 35.5. The Kier molecular flexibility index (Phi) is 2.53. The molecular weight excluding hydrogens is 250 g/mol. The van der Waals surface area contributed by atoms with Crippen molar-refractivity contribution in [1.82, 2.24) is 19.9 Å². The second kappa shape index (κ2) is 4.19. The summed E-state index contributed by atoms with van der Waals surface area (Å²) in [6.45, 7) is 0. The van der Waals surface area contributed by atoms with Crippen LogP contribution in [0.2, 0.25) is 5.15 Å². The zero-order valence-electron chi connectivity index (χ0n) is 9.21. The van der Waals surface area contributed by atoms with E-state index in [9.17, 15) is 0 Å². The van der Waals surface area contributed by atoms with Crippen LogP contribution in [0.4, 0.5) is 5.82 Å². The number of nitrogen functional groups attached to an aromatic ring is 1. The highest BCUT2D eigenvalue weighted by molar-refractivity contribution is 6.29. The van der Waals surface area contributed by atoms with Gasteiger partial charge < -0.3 is 5.73 Å². The molecular formula is C12H8ClN5. The minimum atomic E-state index is 0.390. The number of halogens is 1. The Morgan fingerprint density at radius 3 is 2.83 bits per heavy atom. The maximum atomic E-state index is 5.90. The van der Waals surface area contributed by atoms with Gasteiger partial charge in [-0.15, -0.1) is 0 Å². The van der Waals surface area contributed by atoms with E-state index in [-0.39, 0.29) is 0 Å². The van der Waals surface area contributed by atoms with Gasteiger partial charge >= 0.3 is 0 Å². The summed E-state index contributed by atoms with van der Waals surface area (Å²) in [6.07, 6.45) is 4.91. The van der Waals surface area contributed by atoms with Crippen LogP contribution in [-0.2, 0) is 0 Å². The Morgan fingerprint density at radius 1 is 1.11 bits per heavy atom. The molecule has 0 saturated heterocycles. The Balaban J connectivity index is 2.24. The Hall–Kier alpha value is -2.27. The SMILES string of the molecule is Nc1nc(-c2ccnc(Cl)c2)nc2cnccc12. The van der Waals surface area contributed by atoms with Crippen LogP contribution in [0.15, 0.2) is 36.8 Å². The molecule has 3 heterocycles. The van der Waals surface area contributed by atoms with E-state index >= 15 is 0 Å². The number of nitrogens with two attached hydrogens (primary N) is 1. The van der Waals surface area contributed by atoms with Crippen molar-refractivity contribution < 1.29 is 0 Å². The predicted octanol–water partition coefficient (Wildman–Crippen LogP) is 2.32. The summed E-state index contributed by atoms with van der Waals surface area (Å²) < 4.78 is 0. The number of pyridine rings is 2. The largest absolute Gasteiger partial charge is 0.383 e. The molecule has 3 aromatic rings. The summed E-state index contributed by atoms with van der Waals surface area (Å²) in [4.78, 5) is 16.6. The van der Waals surface area contributed by atoms with Gasteiger partial charge in [-0.25, -0.2) is 15.0 Å². The highest BCUT2D eigenvalue weighted by Gasteiger charge is 2.07. The Labute approximate surface area is 108 Å². The third-order valence-corrected chi connectivity index (χ3v) is 2.72. The van der Waals surface area contributed by atoms with Gasteiger partial charge in [-0.1, -0.05) is 11.6 Å². The minimum absolute atomic E-state index is 0.390. The molecule has 0 bridgehead atoms. The molecule has 0 aliphatic rings. The van der Waals surface area contributed by atoms with Gasteiger partial charge in [0.25, 0.3) is 0 Å². The van der Waals surface area contributed by atoms with Crippen LogP contribution in [0, 0.1) is 0 Å². The fourth-order valence-corrected chi connectivity index (χ4v) is 1.85. The van der Waals surface area contributed by atoms with E-state index < -0.39 is 0 Å². The number of anilines is 1. The fourth-order valence-electron chi connectivity index (χ4n) is 1.68. The number of hydrogen-bond acceptors (Lipinski definition) is 5. The normalized spacial score (nSPS) is 10.7. The van der Waals surface area contributed by atoms with Crippen molar-refractivity contribution in [1.29, 1.82) is 0 Å². The molecule has 3 rings (SSSR count). The van der Waals surface area contributed by atoms with Gasteiger partial charge in [0.1, 0.15) is 11.0 Å². The molecule has 0 amide bonds. The van der Waals surface area contributed by atoms with E-state index in [0.29, 0.717) is 22.3 Å².